The van der Waals surface area contributed by atoms with Gasteiger partial charge in [-0.25, -0.2) is 0 Å². The fourth-order valence-corrected chi connectivity index (χ4v) is 4.32. The van der Waals surface area contributed by atoms with Crippen molar-refractivity contribution in [3.8, 4) is 0 Å². The van der Waals surface area contributed by atoms with Gasteiger partial charge in [0.1, 0.15) is 0 Å². The van der Waals surface area contributed by atoms with Gasteiger partial charge in [0, 0.05) is 42.3 Å². The Morgan fingerprint density at radius 1 is 1.14 bits per heavy atom. The van der Waals surface area contributed by atoms with Crippen molar-refractivity contribution >= 4 is 16.8 Å². The van der Waals surface area contributed by atoms with Crippen molar-refractivity contribution in [3.05, 3.63) is 36.0 Å². The van der Waals surface area contributed by atoms with E-state index in [9.17, 15) is 4.79 Å². The summed E-state index contributed by atoms with van der Waals surface area (Å²) in [4.78, 5) is 15.2. The largest absolute Gasteiger partial charge is 0.350 e. The van der Waals surface area contributed by atoms with Crippen LogP contribution in [0.2, 0.25) is 0 Å². The summed E-state index contributed by atoms with van der Waals surface area (Å²) < 4.78 is 2.03. The third-order valence-electron chi connectivity index (χ3n) is 5.58. The molecule has 2 aliphatic rings. The number of para-hydroxylation sites is 1. The predicted molar refractivity (Wildman–Crippen MR) is 88.0 cm³/mol. The van der Waals surface area contributed by atoms with E-state index >= 15 is 0 Å². The van der Waals surface area contributed by atoms with E-state index in [1.807, 2.05) is 36.0 Å². The maximum atomic E-state index is 12.7. The minimum Gasteiger partial charge on any atom is -0.350 e. The summed E-state index contributed by atoms with van der Waals surface area (Å²) in [5.74, 6) is 0.0748. The number of hydrogen-bond acceptors (Lipinski definition) is 2. The molecule has 2 unspecified atom stereocenters. The smallest absolute Gasteiger partial charge is 0.253 e. The highest BCUT2D eigenvalue weighted by Crippen LogP contribution is 2.34. The Hall–Kier alpha value is -1.81. The Labute approximate surface area is 131 Å². The van der Waals surface area contributed by atoms with E-state index < -0.39 is 0 Å². The van der Waals surface area contributed by atoms with Crippen LogP contribution >= 0.6 is 0 Å². The minimum absolute atomic E-state index is 0.0748. The van der Waals surface area contributed by atoms with Crippen molar-refractivity contribution in [2.45, 2.75) is 43.8 Å². The summed E-state index contributed by atoms with van der Waals surface area (Å²) in [7, 11) is 4.22. The van der Waals surface area contributed by atoms with Crippen molar-refractivity contribution in [1.29, 1.82) is 0 Å². The number of benzene rings is 1. The normalized spacial score (nSPS) is 28.2. The Kier molecular flexibility index (Phi) is 3.22. The van der Waals surface area contributed by atoms with Gasteiger partial charge in [-0.15, -0.1) is 0 Å². The Balaban J connectivity index is 1.55. The molecule has 1 N–H and O–H groups in total. The Morgan fingerprint density at radius 3 is 2.55 bits per heavy atom. The molecular formula is C18H23N3O. The molecule has 2 atom stereocenters. The van der Waals surface area contributed by atoms with Crippen molar-refractivity contribution in [2.75, 3.05) is 7.05 Å². The SMILES string of the molecule is CN1C2CCC1CC(NC(=O)c1cn(C)c3ccccc13)C2. The molecule has 22 heavy (non-hydrogen) atoms. The number of fused-ring (bicyclic) bond motifs is 3. The Bertz CT molecular complexity index is 706. The number of carbonyl (C=O) groups is 1. The maximum absolute atomic E-state index is 12.7. The van der Waals surface area contributed by atoms with Gasteiger partial charge < -0.3 is 14.8 Å². The van der Waals surface area contributed by atoms with E-state index in [0.29, 0.717) is 18.1 Å². The molecule has 3 heterocycles. The van der Waals surface area contributed by atoms with Crippen LogP contribution in [0.3, 0.4) is 0 Å². The van der Waals surface area contributed by atoms with Crippen molar-refractivity contribution in [1.82, 2.24) is 14.8 Å². The van der Waals surface area contributed by atoms with Gasteiger partial charge in [-0.2, -0.15) is 0 Å². The van der Waals surface area contributed by atoms with Crippen LogP contribution in [0.15, 0.2) is 30.5 Å². The zero-order valence-electron chi connectivity index (χ0n) is 13.2. The highest BCUT2D eigenvalue weighted by atomic mass is 16.1. The number of aryl methyl sites for hydroxylation is 1. The van der Waals surface area contributed by atoms with Gasteiger partial charge in [0.15, 0.2) is 0 Å². The van der Waals surface area contributed by atoms with Gasteiger partial charge in [-0.1, -0.05) is 18.2 Å². The first-order valence-corrected chi connectivity index (χ1v) is 8.20. The minimum atomic E-state index is 0.0748. The quantitative estimate of drug-likeness (QED) is 0.925. The molecule has 116 valence electrons. The lowest BCUT2D eigenvalue weighted by Gasteiger charge is -2.36. The summed E-state index contributed by atoms with van der Waals surface area (Å²) in [6.45, 7) is 0. The molecule has 2 aromatic rings. The first-order valence-electron chi connectivity index (χ1n) is 8.20. The van der Waals surface area contributed by atoms with E-state index in [2.05, 4.69) is 23.3 Å². The Morgan fingerprint density at radius 2 is 1.82 bits per heavy atom. The number of hydrogen-bond donors (Lipinski definition) is 1. The molecule has 4 heteroatoms. The summed E-state index contributed by atoms with van der Waals surface area (Å²) in [6.07, 6.45) is 6.68. The van der Waals surface area contributed by atoms with Gasteiger partial charge in [0.05, 0.1) is 5.56 Å². The zero-order chi connectivity index (χ0) is 15.3. The first kappa shape index (κ1) is 13.8. The van der Waals surface area contributed by atoms with Gasteiger partial charge in [0.2, 0.25) is 0 Å². The highest BCUT2D eigenvalue weighted by Gasteiger charge is 2.38. The molecule has 1 aromatic heterocycles. The van der Waals surface area contributed by atoms with Crippen molar-refractivity contribution in [3.63, 3.8) is 0 Å². The molecule has 0 saturated carbocycles. The average molecular weight is 297 g/mol. The second kappa shape index (κ2) is 5.13. The first-order chi connectivity index (χ1) is 10.6. The van der Waals surface area contributed by atoms with Crippen LogP contribution in [-0.4, -0.2) is 40.5 Å². The fraction of sp³-hybridized carbons (Fsp3) is 0.500. The molecular weight excluding hydrogens is 274 g/mol. The molecule has 2 fully saturated rings. The number of carbonyl (C=O) groups excluding carboxylic acids is 1. The predicted octanol–water partition coefficient (Wildman–Crippen LogP) is 2.53. The lowest BCUT2D eigenvalue weighted by atomic mass is 9.97. The molecule has 1 aromatic carbocycles. The third kappa shape index (κ3) is 2.13. The molecule has 4 rings (SSSR count). The molecule has 2 aliphatic heterocycles. The molecule has 1 amide bonds. The molecule has 0 aliphatic carbocycles. The monoisotopic (exact) mass is 297 g/mol. The van der Waals surface area contributed by atoms with Crippen LogP contribution in [0.4, 0.5) is 0 Å². The molecule has 4 nitrogen and oxygen atoms in total. The topological polar surface area (TPSA) is 37.3 Å². The second-order valence-electron chi connectivity index (χ2n) is 6.86. The standard InChI is InChI=1S/C18H23N3O/c1-20-11-16(15-5-3-4-6-17(15)20)18(22)19-12-9-13-7-8-14(10-12)21(13)2/h3-6,11-14H,7-10H2,1-2H3,(H,19,22). The van der Waals surface area contributed by atoms with Crippen LogP contribution in [-0.2, 0) is 7.05 Å². The summed E-state index contributed by atoms with van der Waals surface area (Å²) in [5, 5.41) is 4.32. The molecule has 0 spiro atoms. The summed E-state index contributed by atoms with van der Waals surface area (Å²) in [6, 6.07) is 9.71. The maximum Gasteiger partial charge on any atom is 0.253 e. The van der Waals surface area contributed by atoms with E-state index in [0.717, 1.165) is 29.3 Å². The van der Waals surface area contributed by atoms with Gasteiger partial charge >= 0.3 is 0 Å². The van der Waals surface area contributed by atoms with E-state index in [-0.39, 0.29) is 5.91 Å². The summed E-state index contributed by atoms with van der Waals surface area (Å²) >= 11 is 0. The van der Waals surface area contributed by atoms with Crippen molar-refractivity contribution in [2.24, 2.45) is 7.05 Å². The number of aromatic nitrogens is 1. The van der Waals surface area contributed by atoms with Crippen LogP contribution in [0, 0.1) is 0 Å². The molecule has 2 bridgehead atoms. The van der Waals surface area contributed by atoms with E-state index in [1.54, 1.807) is 0 Å². The van der Waals surface area contributed by atoms with E-state index in [1.165, 1.54) is 12.8 Å². The zero-order valence-corrected chi connectivity index (χ0v) is 13.2. The van der Waals surface area contributed by atoms with E-state index in [4.69, 9.17) is 0 Å². The number of rotatable bonds is 2. The lowest BCUT2D eigenvalue weighted by molar-refractivity contribution is 0.0884. The molecule has 0 radical (unpaired) electrons. The number of nitrogens with one attached hydrogen (secondary N) is 1. The van der Waals surface area contributed by atoms with Crippen LogP contribution in [0.5, 0.6) is 0 Å². The van der Waals surface area contributed by atoms with Crippen LogP contribution < -0.4 is 5.32 Å². The summed E-state index contributed by atoms with van der Waals surface area (Å²) in [5.41, 5.74) is 1.90. The van der Waals surface area contributed by atoms with Gasteiger partial charge in [0.25, 0.3) is 5.91 Å². The number of amides is 1. The van der Waals surface area contributed by atoms with Gasteiger partial charge in [-0.05, 0) is 38.8 Å². The highest BCUT2D eigenvalue weighted by molar-refractivity contribution is 6.07. The van der Waals surface area contributed by atoms with Crippen molar-refractivity contribution < 1.29 is 4.79 Å². The lowest BCUT2D eigenvalue weighted by Crippen LogP contribution is -2.48. The average Bonchev–Trinajstić information content (AvgIpc) is 2.93. The number of nitrogens with zero attached hydrogens (tertiary/aromatic N) is 2. The molecule has 2 saturated heterocycles. The van der Waals surface area contributed by atoms with Gasteiger partial charge in [-0.3, -0.25) is 4.79 Å². The second-order valence-corrected chi connectivity index (χ2v) is 6.86. The van der Waals surface area contributed by atoms with Crippen LogP contribution in [0.1, 0.15) is 36.0 Å². The third-order valence-corrected chi connectivity index (χ3v) is 5.58. The fourth-order valence-electron chi connectivity index (χ4n) is 4.32. The number of piperidine rings is 1. The van der Waals surface area contributed by atoms with Crippen LogP contribution in [0.25, 0.3) is 10.9 Å².